The minimum absolute atomic E-state index is 0.0865. The molecule has 0 unspecified atom stereocenters. The van der Waals surface area contributed by atoms with E-state index in [1.54, 1.807) is 31.4 Å². The second-order valence-corrected chi connectivity index (χ2v) is 6.60. The average Bonchev–Trinajstić information content (AvgIpc) is 2.54. The van der Waals surface area contributed by atoms with Crippen LogP contribution in [-0.2, 0) is 15.3 Å². The van der Waals surface area contributed by atoms with Crippen LogP contribution in [0.15, 0.2) is 42.5 Å². The Morgan fingerprint density at radius 1 is 1.08 bits per heavy atom. The van der Waals surface area contributed by atoms with Gasteiger partial charge in [-0.25, -0.2) is 0 Å². The number of benzene rings is 2. The van der Waals surface area contributed by atoms with Crippen LogP contribution in [-0.4, -0.2) is 24.7 Å². The molecule has 0 spiro atoms. The van der Waals surface area contributed by atoms with Gasteiger partial charge in [-0.15, -0.1) is 11.8 Å². The van der Waals surface area contributed by atoms with Crippen molar-refractivity contribution in [1.82, 2.24) is 0 Å². The van der Waals surface area contributed by atoms with Crippen LogP contribution < -0.4 is 15.4 Å². The maximum Gasteiger partial charge on any atom is 0.234 e. The highest BCUT2D eigenvalue weighted by Gasteiger charge is 2.07. The first kappa shape index (κ1) is 18.9. The molecule has 6 heteroatoms. The Morgan fingerprint density at radius 3 is 2.48 bits per heavy atom. The number of ether oxygens (including phenoxy) is 1. The Labute approximate surface area is 152 Å². The summed E-state index contributed by atoms with van der Waals surface area (Å²) in [5.41, 5.74) is 3.55. The Bertz CT molecular complexity index is 762. The predicted octanol–water partition coefficient (Wildman–Crippen LogP) is 3.83. The standard InChI is InChI=1S/C19H22N2O3S/c1-13-7-8-18(24-3)15(9-13)11-25-12-19(23)21-17-6-4-5-16(10-17)20-14(2)22/h4-10H,11-12H2,1-3H3,(H,20,22)(H,21,23). The first-order valence-electron chi connectivity index (χ1n) is 7.86. The van der Waals surface area contributed by atoms with Crippen LogP contribution in [0, 0.1) is 6.92 Å². The Hall–Kier alpha value is -2.47. The van der Waals surface area contributed by atoms with E-state index in [-0.39, 0.29) is 11.8 Å². The van der Waals surface area contributed by atoms with E-state index < -0.39 is 0 Å². The SMILES string of the molecule is COc1ccc(C)cc1CSCC(=O)Nc1cccc(NC(C)=O)c1. The summed E-state index contributed by atoms with van der Waals surface area (Å²) in [4.78, 5) is 23.2. The lowest BCUT2D eigenvalue weighted by atomic mass is 10.1. The quantitative estimate of drug-likeness (QED) is 0.789. The van der Waals surface area contributed by atoms with Crippen LogP contribution in [0.3, 0.4) is 0 Å². The van der Waals surface area contributed by atoms with Crippen molar-refractivity contribution in [1.29, 1.82) is 0 Å². The molecule has 2 aromatic rings. The molecule has 0 atom stereocenters. The van der Waals surface area contributed by atoms with Crippen LogP contribution in [0.25, 0.3) is 0 Å². The number of anilines is 2. The van der Waals surface area contributed by atoms with Crippen molar-refractivity contribution in [2.75, 3.05) is 23.5 Å². The van der Waals surface area contributed by atoms with Crippen LogP contribution in [0.1, 0.15) is 18.1 Å². The number of carbonyl (C=O) groups is 2. The molecular weight excluding hydrogens is 336 g/mol. The number of rotatable bonds is 7. The highest BCUT2D eigenvalue weighted by Crippen LogP contribution is 2.24. The largest absolute Gasteiger partial charge is 0.496 e. The van der Waals surface area contributed by atoms with Gasteiger partial charge >= 0.3 is 0 Å². The third-order valence-electron chi connectivity index (χ3n) is 3.39. The van der Waals surface area contributed by atoms with E-state index in [0.29, 0.717) is 22.9 Å². The maximum absolute atomic E-state index is 12.1. The lowest BCUT2D eigenvalue weighted by Gasteiger charge is -2.10. The van der Waals surface area contributed by atoms with E-state index >= 15 is 0 Å². The van der Waals surface area contributed by atoms with Gasteiger partial charge in [0.1, 0.15) is 5.75 Å². The van der Waals surface area contributed by atoms with E-state index in [1.165, 1.54) is 18.7 Å². The van der Waals surface area contributed by atoms with E-state index in [2.05, 4.69) is 16.7 Å². The molecule has 0 aromatic heterocycles. The molecule has 25 heavy (non-hydrogen) atoms. The van der Waals surface area contributed by atoms with Gasteiger partial charge in [-0.3, -0.25) is 9.59 Å². The number of thioether (sulfide) groups is 1. The molecule has 0 heterocycles. The zero-order chi connectivity index (χ0) is 18.2. The number of aryl methyl sites for hydroxylation is 1. The fourth-order valence-electron chi connectivity index (χ4n) is 2.35. The van der Waals surface area contributed by atoms with Crippen LogP contribution in [0.2, 0.25) is 0 Å². The molecule has 0 fully saturated rings. The van der Waals surface area contributed by atoms with Crippen molar-refractivity contribution in [2.45, 2.75) is 19.6 Å². The van der Waals surface area contributed by atoms with Gasteiger partial charge in [0.05, 0.1) is 12.9 Å². The molecule has 0 saturated heterocycles. The summed E-state index contributed by atoms with van der Waals surface area (Å²) in [7, 11) is 1.65. The average molecular weight is 358 g/mol. The Kier molecular flexibility index (Phi) is 6.89. The first-order valence-corrected chi connectivity index (χ1v) is 9.02. The zero-order valence-corrected chi connectivity index (χ0v) is 15.4. The number of amides is 2. The van der Waals surface area contributed by atoms with Crippen LogP contribution in [0.5, 0.6) is 5.75 Å². The molecule has 0 aliphatic rings. The normalized spacial score (nSPS) is 10.2. The number of methoxy groups -OCH3 is 1. The molecular formula is C19H22N2O3S. The fourth-order valence-corrected chi connectivity index (χ4v) is 3.15. The third-order valence-corrected chi connectivity index (χ3v) is 4.37. The highest BCUT2D eigenvalue weighted by molar-refractivity contribution is 7.99. The summed E-state index contributed by atoms with van der Waals surface area (Å²) in [6.07, 6.45) is 0. The third kappa shape index (κ3) is 6.15. The van der Waals surface area contributed by atoms with E-state index in [9.17, 15) is 9.59 Å². The minimum Gasteiger partial charge on any atom is -0.496 e. The van der Waals surface area contributed by atoms with Gasteiger partial charge in [0.2, 0.25) is 11.8 Å². The monoisotopic (exact) mass is 358 g/mol. The second-order valence-electron chi connectivity index (χ2n) is 5.62. The van der Waals surface area contributed by atoms with Crippen molar-refractivity contribution in [3.05, 3.63) is 53.6 Å². The lowest BCUT2D eigenvalue weighted by molar-refractivity contribution is -0.114. The topological polar surface area (TPSA) is 67.4 Å². The van der Waals surface area contributed by atoms with Crippen molar-refractivity contribution < 1.29 is 14.3 Å². The molecule has 2 aromatic carbocycles. The molecule has 5 nitrogen and oxygen atoms in total. The Balaban J connectivity index is 1.87. The molecule has 0 saturated carbocycles. The van der Waals surface area contributed by atoms with E-state index in [0.717, 1.165) is 16.9 Å². The summed E-state index contributed by atoms with van der Waals surface area (Å²) in [5, 5.41) is 5.53. The van der Waals surface area contributed by atoms with Crippen molar-refractivity contribution >= 4 is 35.0 Å². The van der Waals surface area contributed by atoms with Gasteiger partial charge in [-0.1, -0.05) is 23.8 Å². The van der Waals surface area contributed by atoms with Gasteiger partial charge < -0.3 is 15.4 Å². The molecule has 132 valence electrons. The lowest BCUT2D eigenvalue weighted by Crippen LogP contribution is -2.14. The van der Waals surface area contributed by atoms with Gasteiger partial charge in [0.15, 0.2) is 0 Å². The van der Waals surface area contributed by atoms with Crippen LogP contribution in [0.4, 0.5) is 11.4 Å². The number of hydrogen-bond acceptors (Lipinski definition) is 4. The number of hydrogen-bond donors (Lipinski definition) is 2. The Morgan fingerprint density at radius 2 is 1.80 bits per heavy atom. The van der Waals surface area contributed by atoms with Gasteiger partial charge in [-0.2, -0.15) is 0 Å². The smallest absolute Gasteiger partial charge is 0.234 e. The molecule has 0 radical (unpaired) electrons. The summed E-state index contributed by atoms with van der Waals surface area (Å²) in [6.45, 7) is 3.48. The minimum atomic E-state index is -0.147. The first-order chi connectivity index (χ1) is 12.0. The van der Waals surface area contributed by atoms with Crippen molar-refractivity contribution in [3.63, 3.8) is 0 Å². The second kappa shape index (κ2) is 9.13. The molecule has 0 aliphatic carbocycles. The van der Waals surface area contributed by atoms with E-state index in [1.807, 2.05) is 19.1 Å². The molecule has 0 aliphatic heterocycles. The van der Waals surface area contributed by atoms with Gasteiger partial charge in [0, 0.05) is 29.6 Å². The summed E-state index contributed by atoms with van der Waals surface area (Å²) < 4.78 is 5.35. The maximum atomic E-state index is 12.1. The van der Waals surface area contributed by atoms with E-state index in [4.69, 9.17) is 4.74 Å². The summed E-state index contributed by atoms with van der Waals surface area (Å²) in [6, 6.07) is 13.1. The van der Waals surface area contributed by atoms with Crippen LogP contribution >= 0.6 is 11.8 Å². The molecule has 2 amide bonds. The fraction of sp³-hybridized carbons (Fsp3) is 0.263. The molecule has 0 bridgehead atoms. The van der Waals surface area contributed by atoms with Crippen molar-refractivity contribution in [2.24, 2.45) is 0 Å². The zero-order valence-electron chi connectivity index (χ0n) is 14.6. The number of carbonyl (C=O) groups excluding carboxylic acids is 2. The summed E-state index contributed by atoms with van der Waals surface area (Å²) >= 11 is 1.53. The number of nitrogens with one attached hydrogen (secondary N) is 2. The summed E-state index contributed by atoms with van der Waals surface area (Å²) in [5.74, 6) is 1.63. The molecule has 2 rings (SSSR count). The highest BCUT2D eigenvalue weighted by atomic mass is 32.2. The molecule has 2 N–H and O–H groups in total. The van der Waals surface area contributed by atoms with Crippen molar-refractivity contribution in [3.8, 4) is 5.75 Å². The van der Waals surface area contributed by atoms with Gasteiger partial charge in [-0.05, 0) is 31.2 Å². The van der Waals surface area contributed by atoms with Gasteiger partial charge in [0.25, 0.3) is 0 Å². The predicted molar refractivity (Wildman–Crippen MR) is 103 cm³/mol.